The monoisotopic (exact) mass is 429 g/mol. The maximum atomic E-state index is 14.2. The zero-order valence-electron chi connectivity index (χ0n) is 15.8. The van der Waals surface area contributed by atoms with Crippen molar-refractivity contribution in [2.45, 2.75) is 24.4 Å². The van der Waals surface area contributed by atoms with Crippen LogP contribution in [0, 0.1) is 5.82 Å². The predicted molar refractivity (Wildman–Crippen MR) is 109 cm³/mol. The minimum absolute atomic E-state index is 0.192. The quantitative estimate of drug-likeness (QED) is 0.619. The van der Waals surface area contributed by atoms with E-state index in [1.165, 1.54) is 24.4 Å². The molecule has 1 aliphatic carbocycles. The van der Waals surface area contributed by atoms with Crippen molar-refractivity contribution in [2.75, 3.05) is 11.9 Å². The Kier molecular flexibility index (Phi) is 5.34. The normalized spacial score (nSPS) is 20.4. The fourth-order valence-electron chi connectivity index (χ4n) is 3.71. The lowest BCUT2D eigenvalue weighted by molar-refractivity contribution is 0.0963. The first-order valence-corrected chi connectivity index (χ1v) is 9.67. The topological polar surface area (TPSA) is 93.8 Å². The SMILES string of the molecule is NC(=O)c1cc(Cl)cc(-c2ccc(NCC3(c4ncccc4F)CC(F)C3)nn2)c1. The van der Waals surface area contributed by atoms with Gasteiger partial charge in [0.25, 0.3) is 0 Å². The molecule has 1 aromatic carbocycles. The molecule has 4 rings (SSSR count). The van der Waals surface area contributed by atoms with E-state index < -0.39 is 23.3 Å². The Bertz CT molecular complexity index is 1090. The van der Waals surface area contributed by atoms with Crippen molar-refractivity contribution in [2.24, 2.45) is 5.73 Å². The molecule has 1 aliphatic rings. The summed E-state index contributed by atoms with van der Waals surface area (Å²) in [6.45, 7) is 0.276. The zero-order valence-corrected chi connectivity index (χ0v) is 16.5. The number of carbonyl (C=O) groups excluding carboxylic acids is 1. The van der Waals surface area contributed by atoms with E-state index in [1.807, 2.05) is 0 Å². The Balaban J connectivity index is 1.51. The number of aromatic nitrogens is 3. The van der Waals surface area contributed by atoms with Gasteiger partial charge in [-0.05, 0) is 55.3 Å². The van der Waals surface area contributed by atoms with Gasteiger partial charge in [0.15, 0.2) is 0 Å². The van der Waals surface area contributed by atoms with Crippen LogP contribution in [0.15, 0.2) is 48.7 Å². The van der Waals surface area contributed by atoms with E-state index in [4.69, 9.17) is 17.3 Å². The molecule has 3 N–H and O–H groups in total. The number of halogens is 3. The summed E-state index contributed by atoms with van der Waals surface area (Å²) in [7, 11) is 0. The lowest BCUT2D eigenvalue weighted by Crippen LogP contribution is -2.49. The Labute approximate surface area is 176 Å². The van der Waals surface area contributed by atoms with E-state index in [9.17, 15) is 13.6 Å². The van der Waals surface area contributed by atoms with E-state index in [2.05, 4.69) is 20.5 Å². The van der Waals surface area contributed by atoms with Gasteiger partial charge in [-0.2, -0.15) is 0 Å². The molecule has 2 heterocycles. The van der Waals surface area contributed by atoms with E-state index >= 15 is 0 Å². The highest BCUT2D eigenvalue weighted by Crippen LogP contribution is 2.45. The maximum absolute atomic E-state index is 14.2. The van der Waals surface area contributed by atoms with Crippen molar-refractivity contribution in [3.8, 4) is 11.3 Å². The van der Waals surface area contributed by atoms with Crippen molar-refractivity contribution >= 4 is 23.3 Å². The maximum Gasteiger partial charge on any atom is 0.248 e. The van der Waals surface area contributed by atoms with Gasteiger partial charge in [0.2, 0.25) is 5.91 Å². The third kappa shape index (κ3) is 3.95. The van der Waals surface area contributed by atoms with Crippen LogP contribution in [-0.4, -0.2) is 33.8 Å². The van der Waals surface area contributed by atoms with E-state index in [1.54, 1.807) is 24.3 Å². The summed E-state index contributed by atoms with van der Waals surface area (Å²) >= 11 is 6.04. The van der Waals surface area contributed by atoms with Gasteiger partial charge in [0.1, 0.15) is 17.8 Å². The Hall–Kier alpha value is -3.13. The molecule has 0 aliphatic heterocycles. The number of pyridine rings is 1. The van der Waals surface area contributed by atoms with Gasteiger partial charge in [0, 0.05) is 34.3 Å². The number of nitrogens with zero attached hydrogens (tertiary/aromatic N) is 3. The Morgan fingerprint density at radius 2 is 2.03 bits per heavy atom. The molecule has 3 aromatic rings. The van der Waals surface area contributed by atoms with Crippen molar-refractivity contribution in [3.05, 3.63) is 70.8 Å². The number of carbonyl (C=O) groups is 1. The molecular formula is C21H18ClF2N5O. The average molecular weight is 430 g/mol. The highest BCUT2D eigenvalue weighted by Gasteiger charge is 2.48. The van der Waals surface area contributed by atoms with Crippen LogP contribution >= 0.6 is 11.6 Å². The highest BCUT2D eigenvalue weighted by molar-refractivity contribution is 6.31. The summed E-state index contributed by atoms with van der Waals surface area (Å²) in [5.74, 6) is -0.587. The molecule has 0 bridgehead atoms. The van der Waals surface area contributed by atoms with Crippen LogP contribution < -0.4 is 11.1 Å². The van der Waals surface area contributed by atoms with E-state index in [0.29, 0.717) is 22.1 Å². The number of benzene rings is 1. The second-order valence-electron chi connectivity index (χ2n) is 7.37. The smallest absolute Gasteiger partial charge is 0.248 e. The molecule has 2 aromatic heterocycles. The summed E-state index contributed by atoms with van der Waals surface area (Å²) < 4.78 is 27.9. The summed E-state index contributed by atoms with van der Waals surface area (Å²) in [6, 6.07) is 11.0. The average Bonchev–Trinajstić information content (AvgIpc) is 2.70. The van der Waals surface area contributed by atoms with Crippen LogP contribution in [0.1, 0.15) is 28.9 Å². The third-order valence-corrected chi connectivity index (χ3v) is 5.45. The lowest BCUT2D eigenvalue weighted by atomic mass is 9.65. The molecule has 1 fully saturated rings. The van der Waals surface area contributed by atoms with Crippen LogP contribution in [0.25, 0.3) is 11.3 Å². The Morgan fingerprint density at radius 3 is 2.67 bits per heavy atom. The first kappa shape index (κ1) is 20.2. The molecule has 154 valence electrons. The number of rotatable bonds is 6. The molecule has 0 unspecified atom stereocenters. The number of nitrogens with one attached hydrogen (secondary N) is 1. The van der Waals surface area contributed by atoms with E-state index in [-0.39, 0.29) is 30.6 Å². The van der Waals surface area contributed by atoms with Gasteiger partial charge in [-0.3, -0.25) is 9.78 Å². The highest BCUT2D eigenvalue weighted by atomic mass is 35.5. The van der Waals surface area contributed by atoms with Crippen molar-refractivity contribution in [1.29, 1.82) is 0 Å². The summed E-state index contributed by atoms with van der Waals surface area (Å²) in [5, 5.41) is 11.7. The van der Waals surface area contributed by atoms with Crippen LogP contribution in [-0.2, 0) is 5.41 Å². The molecule has 9 heteroatoms. The fraction of sp³-hybridized carbons (Fsp3) is 0.238. The lowest BCUT2D eigenvalue weighted by Gasteiger charge is -2.44. The van der Waals surface area contributed by atoms with Crippen LogP contribution in [0.3, 0.4) is 0 Å². The predicted octanol–water partition coefficient (Wildman–Crippen LogP) is 3.91. The minimum Gasteiger partial charge on any atom is -0.368 e. The number of anilines is 1. The van der Waals surface area contributed by atoms with Crippen molar-refractivity contribution in [1.82, 2.24) is 15.2 Å². The largest absolute Gasteiger partial charge is 0.368 e. The summed E-state index contributed by atoms with van der Waals surface area (Å²) in [6.07, 6.45) is 0.908. The van der Waals surface area contributed by atoms with Crippen molar-refractivity contribution in [3.63, 3.8) is 0 Å². The fourth-order valence-corrected chi connectivity index (χ4v) is 3.94. The van der Waals surface area contributed by atoms with Gasteiger partial charge >= 0.3 is 0 Å². The molecule has 1 amide bonds. The van der Waals surface area contributed by atoms with Gasteiger partial charge in [-0.1, -0.05) is 11.6 Å². The number of hydrogen-bond acceptors (Lipinski definition) is 5. The van der Waals surface area contributed by atoms with E-state index in [0.717, 1.165) is 0 Å². The summed E-state index contributed by atoms with van der Waals surface area (Å²) in [5.41, 5.74) is 6.22. The Morgan fingerprint density at radius 1 is 1.23 bits per heavy atom. The molecule has 30 heavy (non-hydrogen) atoms. The summed E-state index contributed by atoms with van der Waals surface area (Å²) in [4.78, 5) is 15.6. The number of alkyl halides is 1. The first-order valence-electron chi connectivity index (χ1n) is 9.30. The molecular weight excluding hydrogens is 412 g/mol. The van der Waals surface area contributed by atoms with Crippen LogP contribution in [0.4, 0.5) is 14.6 Å². The van der Waals surface area contributed by atoms with Gasteiger partial charge in [-0.25, -0.2) is 8.78 Å². The second-order valence-corrected chi connectivity index (χ2v) is 7.81. The van der Waals surface area contributed by atoms with Gasteiger partial charge < -0.3 is 11.1 Å². The zero-order chi connectivity index (χ0) is 21.3. The number of primary amides is 1. The third-order valence-electron chi connectivity index (χ3n) is 5.24. The van der Waals surface area contributed by atoms with Gasteiger partial charge in [0.05, 0.1) is 11.4 Å². The van der Waals surface area contributed by atoms with Crippen LogP contribution in [0.2, 0.25) is 5.02 Å². The molecule has 0 saturated heterocycles. The van der Waals surface area contributed by atoms with Crippen molar-refractivity contribution < 1.29 is 13.6 Å². The number of amides is 1. The second kappa shape index (κ2) is 7.95. The molecule has 0 radical (unpaired) electrons. The standard InChI is InChI=1S/C21H18ClF2N5O/c22-14-7-12(6-13(8-14)20(25)30)17-3-4-18(29-28-17)27-11-21(9-15(23)10-21)19-16(24)2-1-5-26-19/h1-8,15H,9-11H2,(H2,25,30)(H,27,29). The van der Waals surface area contributed by atoms with Crippen LogP contribution in [0.5, 0.6) is 0 Å². The first-order chi connectivity index (χ1) is 14.4. The molecule has 0 spiro atoms. The number of hydrogen-bond donors (Lipinski definition) is 2. The minimum atomic E-state index is -0.982. The molecule has 0 atom stereocenters. The molecule has 1 saturated carbocycles. The van der Waals surface area contributed by atoms with Gasteiger partial charge in [-0.15, -0.1) is 10.2 Å². The molecule has 6 nitrogen and oxygen atoms in total. The number of nitrogens with two attached hydrogens (primary N) is 1.